The number of hydrogen-bond donors (Lipinski definition) is 1. The van der Waals surface area contributed by atoms with Gasteiger partial charge in [0.05, 0.1) is 10.6 Å². The average Bonchev–Trinajstić information content (AvgIpc) is 2.39. The fraction of sp³-hybridized carbons (Fsp3) is 0.133. The molecule has 0 atom stereocenters. The minimum absolute atomic E-state index is 0.0674. The minimum atomic E-state index is -1.05. The SMILES string of the molecule is CCc1ccccc1Oc1ccc(C(=O)O)c(Cl)c1. The van der Waals surface area contributed by atoms with Gasteiger partial charge < -0.3 is 9.84 Å². The van der Waals surface area contributed by atoms with Crippen LogP contribution < -0.4 is 4.74 Å². The molecule has 2 aromatic carbocycles. The van der Waals surface area contributed by atoms with Crippen LogP contribution in [-0.2, 0) is 6.42 Å². The zero-order chi connectivity index (χ0) is 13.8. The van der Waals surface area contributed by atoms with Crippen LogP contribution in [0.5, 0.6) is 11.5 Å². The number of carboxylic acid groups (broad SMARTS) is 1. The Balaban J connectivity index is 2.29. The molecule has 0 aliphatic rings. The van der Waals surface area contributed by atoms with E-state index in [1.807, 2.05) is 31.2 Å². The Morgan fingerprint density at radius 3 is 2.63 bits per heavy atom. The molecule has 0 saturated heterocycles. The van der Waals surface area contributed by atoms with Crippen molar-refractivity contribution in [3.05, 3.63) is 58.6 Å². The number of ether oxygens (including phenoxy) is 1. The lowest BCUT2D eigenvalue weighted by atomic mass is 10.1. The first-order chi connectivity index (χ1) is 9.11. The fourth-order valence-corrected chi connectivity index (χ4v) is 2.01. The van der Waals surface area contributed by atoms with E-state index in [4.69, 9.17) is 21.4 Å². The quantitative estimate of drug-likeness (QED) is 0.901. The summed E-state index contributed by atoms with van der Waals surface area (Å²) in [6.07, 6.45) is 0.858. The first-order valence-corrected chi connectivity index (χ1v) is 6.28. The van der Waals surface area contributed by atoms with E-state index in [0.717, 1.165) is 17.7 Å². The van der Waals surface area contributed by atoms with E-state index in [2.05, 4.69) is 0 Å². The lowest BCUT2D eigenvalue weighted by Crippen LogP contribution is -1.97. The van der Waals surface area contributed by atoms with Crippen molar-refractivity contribution in [1.29, 1.82) is 0 Å². The molecule has 0 aromatic heterocycles. The predicted octanol–water partition coefficient (Wildman–Crippen LogP) is 4.39. The summed E-state index contributed by atoms with van der Waals surface area (Å²) in [4.78, 5) is 10.9. The van der Waals surface area contributed by atoms with Crippen molar-refractivity contribution in [3.63, 3.8) is 0 Å². The molecule has 2 aromatic rings. The maximum Gasteiger partial charge on any atom is 0.337 e. The first kappa shape index (κ1) is 13.4. The molecular formula is C15H13ClO3. The number of para-hydroxylation sites is 1. The highest BCUT2D eigenvalue weighted by Crippen LogP contribution is 2.29. The Kier molecular flexibility index (Phi) is 4.07. The molecule has 0 aliphatic carbocycles. The Bertz CT molecular complexity index is 608. The van der Waals surface area contributed by atoms with Crippen LogP contribution in [0.15, 0.2) is 42.5 Å². The van der Waals surface area contributed by atoms with Crippen LogP contribution >= 0.6 is 11.6 Å². The van der Waals surface area contributed by atoms with Crippen LogP contribution in [0.4, 0.5) is 0 Å². The zero-order valence-electron chi connectivity index (χ0n) is 10.4. The van der Waals surface area contributed by atoms with Gasteiger partial charge in [0.1, 0.15) is 11.5 Å². The molecule has 0 radical (unpaired) electrons. The van der Waals surface area contributed by atoms with Gasteiger partial charge in [-0.05, 0) is 30.2 Å². The van der Waals surface area contributed by atoms with Gasteiger partial charge in [-0.15, -0.1) is 0 Å². The highest BCUT2D eigenvalue weighted by atomic mass is 35.5. The van der Waals surface area contributed by atoms with Gasteiger partial charge in [0.2, 0.25) is 0 Å². The third-order valence-electron chi connectivity index (χ3n) is 2.75. The highest BCUT2D eigenvalue weighted by Gasteiger charge is 2.10. The molecular weight excluding hydrogens is 264 g/mol. The van der Waals surface area contributed by atoms with Crippen LogP contribution in [0.1, 0.15) is 22.8 Å². The Labute approximate surface area is 116 Å². The number of aryl methyl sites for hydroxylation is 1. The van der Waals surface area contributed by atoms with Gasteiger partial charge in [-0.1, -0.05) is 36.7 Å². The van der Waals surface area contributed by atoms with Crippen LogP contribution in [0.25, 0.3) is 0 Å². The zero-order valence-corrected chi connectivity index (χ0v) is 11.1. The van der Waals surface area contributed by atoms with Gasteiger partial charge >= 0.3 is 5.97 Å². The highest BCUT2D eigenvalue weighted by molar-refractivity contribution is 6.33. The van der Waals surface area contributed by atoms with E-state index in [-0.39, 0.29) is 10.6 Å². The van der Waals surface area contributed by atoms with Gasteiger partial charge in [-0.2, -0.15) is 0 Å². The molecule has 1 N–H and O–H groups in total. The summed E-state index contributed by atoms with van der Waals surface area (Å²) in [6, 6.07) is 12.3. The second kappa shape index (κ2) is 5.76. The first-order valence-electron chi connectivity index (χ1n) is 5.90. The molecule has 0 saturated carbocycles. The number of aromatic carboxylic acids is 1. The summed E-state index contributed by atoms with van der Waals surface area (Å²) in [5, 5.41) is 9.07. The summed E-state index contributed by atoms with van der Waals surface area (Å²) in [5.41, 5.74) is 1.15. The van der Waals surface area contributed by atoms with Crippen molar-refractivity contribution in [1.82, 2.24) is 0 Å². The summed E-state index contributed by atoms with van der Waals surface area (Å²) in [7, 11) is 0. The van der Waals surface area contributed by atoms with Gasteiger partial charge in [0.15, 0.2) is 0 Å². The maximum absolute atomic E-state index is 10.9. The number of rotatable bonds is 4. The Hall–Kier alpha value is -2.00. The van der Waals surface area contributed by atoms with Crippen molar-refractivity contribution >= 4 is 17.6 Å². The Morgan fingerprint density at radius 2 is 2.00 bits per heavy atom. The molecule has 0 spiro atoms. The van der Waals surface area contributed by atoms with Crippen LogP contribution in [0.2, 0.25) is 5.02 Å². The van der Waals surface area contributed by atoms with E-state index in [1.165, 1.54) is 12.1 Å². The van der Waals surface area contributed by atoms with Gasteiger partial charge in [-0.3, -0.25) is 0 Å². The van der Waals surface area contributed by atoms with E-state index in [9.17, 15) is 4.79 Å². The molecule has 2 rings (SSSR count). The third kappa shape index (κ3) is 3.06. The van der Waals surface area contributed by atoms with Crippen molar-refractivity contribution in [2.24, 2.45) is 0 Å². The lowest BCUT2D eigenvalue weighted by Gasteiger charge is -2.10. The smallest absolute Gasteiger partial charge is 0.337 e. The number of carbonyl (C=O) groups is 1. The molecule has 0 heterocycles. The van der Waals surface area contributed by atoms with Crippen molar-refractivity contribution in [3.8, 4) is 11.5 Å². The second-order valence-electron chi connectivity index (χ2n) is 4.01. The van der Waals surface area contributed by atoms with Crippen LogP contribution in [0.3, 0.4) is 0 Å². The molecule has 3 nitrogen and oxygen atoms in total. The predicted molar refractivity (Wildman–Crippen MR) is 74.3 cm³/mol. The van der Waals surface area contributed by atoms with Gasteiger partial charge in [0, 0.05) is 6.07 Å². The summed E-state index contributed by atoms with van der Waals surface area (Å²) in [5.74, 6) is 0.227. The van der Waals surface area contributed by atoms with Crippen molar-refractivity contribution < 1.29 is 14.6 Å². The number of halogens is 1. The maximum atomic E-state index is 10.9. The number of carboxylic acids is 1. The second-order valence-corrected chi connectivity index (χ2v) is 4.42. The normalized spacial score (nSPS) is 10.2. The molecule has 0 amide bonds. The standard InChI is InChI=1S/C15H13ClO3/c1-2-10-5-3-4-6-14(10)19-11-7-8-12(15(17)18)13(16)9-11/h3-9H,2H2,1H3,(H,17,18). The van der Waals surface area contributed by atoms with E-state index < -0.39 is 5.97 Å². The molecule has 0 fully saturated rings. The van der Waals surface area contributed by atoms with E-state index >= 15 is 0 Å². The topological polar surface area (TPSA) is 46.5 Å². The number of benzene rings is 2. The monoisotopic (exact) mass is 276 g/mol. The van der Waals surface area contributed by atoms with Crippen LogP contribution in [0, 0.1) is 0 Å². The molecule has 0 unspecified atom stereocenters. The number of hydrogen-bond acceptors (Lipinski definition) is 2. The van der Waals surface area contributed by atoms with Crippen LogP contribution in [-0.4, -0.2) is 11.1 Å². The Morgan fingerprint density at radius 1 is 1.26 bits per heavy atom. The molecule has 19 heavy (non-hydrogen) atoms. The van der Waals surface area contributed by atoms with Gasteiger partial charge in [0.25, 0.3) is 0 Å². The van der Waals surface area contributed by atoms with Crippen molar-refractivity contribution in [2.75, 3.05) is 0 Å². The lowest BCUT2D eigenvalue weighted by molar-refractivity contribution is 0.0697. The summed E-state index contributed by atoms with van der Waals surface area (Å²) < 4.78 is 5.74. The molecule has 0 bridgehead atoms. The largest absolute Gasteiger partial charge is 0.478 e. The molecule has 0 aliphatic heterocycles. The average molecular weight is 277 g/mol. The van der Waals surface area contributed by atoms with Gasteiger partial charge in [-0.25, -0.2) is 4.79 Å². The summed E-state index contributed by atoms with van der Waals surface area (Å²) >= 11 is 5.90. The third-order valence-corrected chi connectivity index (χ3v) is 3.06. The fourth-order valence-electron chi connectivity index (χ4n) is 1.76. The van der Waals surface area contributed by atoms with E-state index in [0.29, 0.717) is 5.75 Å². The molecule has 98 valence electrons. The van der Waals surface area contributed by atoms with E-state index in [1.54, 1.807) is 6.07 Å². The molecule has 4 heteroatoms. The minimum Gasteiger partial charge on any atom is -0.478 e. The van der Waals surface area contributed by atoms with Crippen molar-refractivity contribution in [2.45, 2.75) is 13.3 Å². The summed E-state index contributed by atoms with van der Waals surface area (Å²) in [6.45, 7) is 2.04.